The third kappa shape index (κ3) is 3.43. The van der Waals surface area contributed by atoms with Crippen LogP contribution in [0.15, 0.2) is 24.3 Å². The molecule has 1 aromatic rings. The van der Waals surface area contributed by atoms with Crippen molar-refractivity contribution in [2.45, 2.75) is 13.8 Å². The smallest absolute Gasteiger partial charge is 0.310 e. The molecule has 0 aliphatic rings. The molecule has 98 valence electrons. The van der Waals surface area contributed by atoms with Crippen molar-refractivity contribution in [3.8, 4) is 0 Å². The molecule has 0 unspecified atom stereocenters. The molecule has 1 rings (SSSR count). The number of carboxylic acid groups (broad SMARTS) is 1. The number of hydrogen-bond donors (Lipinski definition) is 2. The van der Waals surface area contributed by atoms with Gasteiger partial charge in [0, 0.05) is 24.8 Å². The van der Waals surface area contributed by atoms with Crippen LogP contribution in [0.1, 0.15) is 19.4 Å². The molecule has 0 aromatic heterocycles. The van der Waals surface area contributed by atoms with Gasteiger partial charge in [-0.15, -0.1) is 0 Å². The number of benzene rings is 1. The summed E-state index contributed by atoms with van der Waals surface area (Å²) < 4.78 is 0. The van der Waals surface area contributed by atoms with Gasteiger partial charge >= 0.3 is 5.97 Å². The number of nitrogens with zero attached hydrogens (tertiary/aromatic N) is 1. The van der Waals surface area contributed by atoms with Crippen molar-refractivity contribution in [3.63, 3.8) is 0 Å². The van der Waals surface area contributed by atoms with Crippen LogP contribution in [-0.2, 0) is 4.79 Å². The summed E-state index contributed by atoms with van der Waals surface area (Å²) >= 11 is 4.88. The van der Waals surface area contributed by atoms with Crippen LogP contribution in [0.5, 0.6) is 0 Å². The Kier molecular flexibility index (Phi) is 4.29. The number of hydrogen-bond acceptors (Lipinski definition) is 3. The zero-order valence-electron chi connectivity index (χ0n) is 10.8. The summed E-state index contributed by atoms with van der Waals surface area (Å²) in [6.45, 7) is 3.83. The SMILES string of the molecule is CN(CC(C)(C)C(=O)O)c1ccc(C(N)=S)cc1. The summed E-state index contributed by atoms with van der Waals surface area (Å²) in [5.74, 6) is -0.811. The monoisotopic (exact) mass is 266 g/mol. The molecule has 3 N–H and O–H groups in total. The van der Waals surface area contributed by atoms with E-state index in [0.717, 1.165) is 11.3 Å². The molecule has 4 nitrogen and oxygen atoms in total. The number of rotatable bonds is 5. The fourth-order valence-electron chi connectivity index (χ4n) is 1.63. The third-order valence-electron chi connectivity index (χ3n) is 2.80. The predicted octanol–water partition coefficient (Wildman–Crippen LogP) is 1.87. The number of aliphatic carboxylic acids is 1. The summed E-state index contributed by atoms with van der Waals surface area (Å²) in [7, 11) is 1.86. The second-order valence-corrected chi connectivity index (χ2v) is 5.40. The summed E-state index contributed by atoms with van der Waals surface area (Å²) in [4.78, 5) is 13.3. The van der Waals surface area contributed by atoms with E-state index < -0.39 is 11.4 Å². The van der Waals surface area contributed by atoms with Gasteiger partial charge in [0.2, 0.25) is 0 Å². The van der Waals surface area contributed by atoms with Crippen LogP contribution in [-0.4, -0.2) is 29.7 Å². The minimum Gasteiger partial charge on any atom is -0.481 e. The first kappa shape index (κ1) is 14.4. The van der Waals surface area contributed by atoms with Gasteiger partial charge in [-0.25, -0.2) is 0 Å². The normalized spacial score (nSPS) is 11.1. The largest absolute Gasteiger partial charge is 0.481 e. The van der Waals surface area contributed by atoms with Crippen molar-refractivity contribution in [2.24, 2.45) is 11.1 Å². The van der Waals surface area contributed by atoms with Crippen LogP contribution in [0, 0.1) is 5.41 Å². The van der Waals surface area contributed by atoms with Crippen molar-refractivity contribution >= 4 is 28.9 Å². The molecule has 0 atom stereocenters. The van der Waals surface area contributed by atoms with Crippen LogP contribution in [0.25, 0.3) is 0 Å². The van der Waals surface area contributed by atoms with Crippen LogP contribution in [0.4, 0.5) is 5.69 Å². The van der Waals surface area contributed by atoms with Gasteiger partial charge in [0.15, 0.2) is 0 Å². The summed E-state index contributed by atoms with van der Waals surface area (Å²) in [5, 5.41) is 9.09. The average molecular weight is 266 g/mol. The Morgan fingerprint density at radius 3 is 2.28 bits per heavy atom. The number of anilines is 1. The van der Waals surface area contributed by atoms with Crippen molar-refractivity contribution in [1.82, 2.24) is 0 Å². The lowest BCUT2D eigenvalue weighted by Gasteiger charge is -2.28. The number of carboxylic acids is 1. The van der Waals surface area contributed by atoms with E-state index in [9.17, 15) is 4.79 Å². The van der Waals surface area contributed by atoms with Crippen molar-refractivity contribution < 1.29 is 9.90 Å². The molecular formula is C13H18N2O2S. The minimum atomic E-state index is -0.811. The Balaban J connectivity index is 2.82. The van der Waals surface area contributed by atoms with Gasteiger partial charge in [-0.3, -0.25) is 4.79 Å². The zero-order chi connectivity index (χ0) is 13.9. The summed E-state index contributed by atoms with van der Waals surface area (Å²) in [6, 6.07) is 7.43. The van der Waals surface area contributed by atoms with E-state index in [1.807, 2.05) is 36.2 Å². The van der Waals surface area contributed by atoms with Crippen LogP contribution < -0.4 is 10.6 Å². The maximum Gasteiger partial charge on any atom is 0.310 e. The second kappa shape index (κ2) is 5.35. The lowest BCUT2D eigenvalue weighted by Crippen LogP contribution is -2.37. The predicted molar refractivity (Wildman–Crippen MR) is 77.0 cm³/mol. The van der Waals surface area contributed by atoms with Gasteiger partial charge in [-0.2, -0.15) is 0 Å². The van der Waals surface area contributed by atoms with Crippen molar-refractivity contribution in [3.05, 3.63) is 29.8 Å². The Hall–Kier alpha value is -1.62. The minimum absolute atomic E-state index is 0.357. The van der Waals surface area contributed by atoms with Gasteiger partial charge in [-0.1, -0.05) is 12.2 Å². The lowest BCUT2D eigenvalue weighted by molar-refractivity contribution is -0.146. The van der Waals surface area contributed by atoms with Crippen molar-refractivity contribution in [2.75, 3.05) is 18.5 Å². The Bertz CT molecular complexity index is 455. The Labute approximate surface area is 112 Å². The van der Waals surface area contributed by atoms with E-state index in [4.69, 9.17) is 23.1 Å². The molecule has 18 heavy (non-hydrogen) atoms. The van der Waals surface area contributed by atoms with Crippen LogP contribution in [0.2, 0.25) is 0 Å². The molecule has 0 fully saturated rings. The molecule has 0 saturated carbocycles. The third-order valence-corrected chi connectivity index (χ3v) is 3.04. The first-order valence-electron chi connectivity index (χ1n) is 5.58. The van der Waals surface area contributed by atoms with Crippen LogP contribution in [0.3, 0.4) is 0 Å². The maximum absolute atomic E-state index is 11.1. The van der Waals surface area contributed by atoms with E-state index in [2.05, 4.69) is 0 Å². The standard InChI is InChI=1S/C13H18N2O2S/c1-13(2,12(16)17)8-15(3)10-6-4-9(5-7-10)11(14)18/h4-7H,8H2,1-3H3,(H2,14,18)(H,16,17). The highest BCUT2D eigenvalue weighted by atomic mass is 32.1. The highest BCUT2D eigenvalue weighted by molar-refractivity contribution is 7.80. The molecule has 0 saturated heterocycles. The van der Waals surface area contributed by atoms with Gasteiger partial charge in [0.1, 0.15) is 4.99 Å². The van der Waals surface area contributed by atoms with Gasteiger partial charge < -0.3 is 15.7 Å². The quantitative estimate of drug-likeness (QED) is 0.796. The fourth-order valence-corrected chi connectivity index (χ4v) is 1.77. The van der Waals surface area contributed by atoms with Crippen molar-refractivity contribution in [1.29, 1.82) is 0 Å². The Morgan fingerprint density at radius 2 is 1.89 bits per heavy atom. The Morgan fingerprint density at radius 1 is 1.39 bits per heavy atom. The van der Waals surface area contributed by atoms with Crippen LogP contribution >= 0.6 is 12.2 Å². The number of carbonyl (C=O) groups is 1. The van der Waals surface area contributed by atoms with E-state index in [0.29, 0.717) is 11.5 Å². The average Bonchev–Trinajstić information content (AvgIpc) is 2.28. The molecule has 0 radical (unpaired) electrons. The number of thiocarbonyl (C=S) groups is 1. The highest BCUT2D eigenvalue weighted by Gasteiger charge is 2.28. The molecule has 0 amide bonds. The highest BCUT2D eigenvalue weighted by Crippen LogP contribution is 2.21. The van der Waals surface area contributed by atoms with E-state index in [-0.39, 0.29) is 0 Å². The first-order chi connectivity index (χ1) is 8.24. The molecule has 0 aliphatic carbocycles. The zero-order valence-corrected chi connectivity index (χ0v) is 11.6. The summed E-state index contributed by atoms with van der Waals surface area (Å²) in [6.07, 6.45) is 0. The molecule has 0 aliphatic heterocycles. The number of nitrogens with two attached hydrogens (primary N) is 1. The fraction of sp³-hybridized carbons (Fsp3) is 0.385. The van der Waals surface area contributed by atoms with Gasteiger partial charge in [0.25, 0.3) is 0 Å². The molecule has 5 heteroatoms. The molecule has 0 bridgehead atoms. The molecule has 0 heterocycles. The van der Waals surface area contributed by atoms with E-state index >= 15 is 0 Å². The maximum atomic E-state index is 11.1. The van der Waals surface area contributed by atoms with Gasteiger partial charge in [-0.05, 0) is 38.1 Å². The van der Waals surface area contributed by atoms with E-state index in [1.165, 1.54) is 0 Å². The molecule has 1 aromatic carbocycles. The molecule has 0 spiro atoms. The van der Waals surface area contributed by atoms with E-state index in [1.54, 1.807) is 13.8 Å². The second-order valence-electron chi connectivity index (χ2n) is 4.96. The summed E-state index contributed by atoms with van der Waals surface area (Å²) in [5.41, 5.74) is 6.47. The first-order valence-corrected chi connectivity index (χ1v) is 5.99. The topological polar surface area (TPSA) is 66.6 Å². The van der Waals surface area contributed by atoms with Gasteiger partial charge in [0.05, 0.1) is 5.41 Å². The molecular weight excluding hydrogens is 248 g/mol. The lowest BCUT2D eigenvalue weighted by atomic mass is 9.93.